The zero-order chi connectivity index (χ0) is 15.6. The van der Waals surface area contributed by atoms with Crippen LogP contribution in [0.15, 0.2) is 24.3 Å². The Kier molecular flexibility index (Phi) is 4.06. The van der Waals surface area contributed by atoms with Crippen molar-refractivity contribution in [1.82, 2.24) is 5.32 Å². The molecule has 1 heterocycles. The molecule has 0 aromatic heterocycles. The van der Waals surface area contributed by atoms with Gasteiger partial charge in [0.15, 0.2) is 0 Å². The summed E-state index contributed by atoms with van der Waals surface area (Å²) in [5, 5.41) is 10.8. The van der Waals surface area contributed by atoms with Crippen molar-refractivity contribution in [3.8, 4) is 0 Å². The van der Waals surface area contributed by atoms with E-state index in [1.807, 2.05) is 0 Å². The summed E-state index contributed by atoms with van der Waals surface area (Å²) >= 11 is 0. The van der Waals surface area contributed by atoms with E-state index >= 15 is 0 Å². The van der Waals surface area contributed by atoms with Crippen LogP contribution in [0.2, 0.25) is 0 Å². The average molecular weight is 302 g/mol. The molecule has 0 bridgehead atoms. The number of aliphatic carboxylic acids is 1. The fourth-order valence-corrected chi connectivity index (χ4v) is 2.22. The smallest absolute Gasteiger partial charge is 0.405 e. The summed E-state index contributed by atoms with van der Waals surface area (Å²) in [7, 11) is 0. The van der Waals surface area contributed by atoms with Gasteiger partial charge in [0.2, 0.25) is 0 Å². The topological polar surface area (TPSA) is 69.6 Å². The molecule has 2 amide bonds. The SMILES string of the molecule is O=C(O)C1Cc2ccccc2N(C(=O)NCC(F)(F)F)C1. The molecule has 0 aliphatic carbocycles. The number of benzene rings is 1. The molecule has 0 radical (unpaired) electrons. The molecule has 1 aromatic rings. The first-order valence-corrected chi connectivity index (χ1v) is 6.21. The second-order valence-corrected chi connectivity index (χ2v) is 4.75. The van der Waals surface area contributed by atoms with Crippen LogP contribution in [0.25, 0.3) is 0 Å². The quantitative estimate of drug-likeness (QED) is 0.878. The molecule has 1 aliphatic heterocycles. The summed E-state index contributed by atoms with van der Waals surface area (Å²) in [6, 6.07) is 5.62. The number of alkyl halides is 3. The number of nitrogens with zero attached hydrogens (tertiary/aromatic N) is 1. The lowest BCUT2D eigenvalue weighted by molar-refractivity contribution is -0.141. The number of amides is 2. The van der Waals surface area contributed by atoms with Crippen LogP contribution in [0, 0.1) is 5.92 Å². The lowest BCUT2D eigenvalue weighted by atomic mass is 9.93. The van der Waals surface area contributed by atoms with Crippen LogP contribution in [0.4, 0.5) is 23.7 Å². The molecule has 0 saturated heterocycles. The van der Waals surface area contributed by atoms with Gasteiger partial charge in [-0.15, -0.1) is 0 Å². The summed E-state index contributed by atoms with van der Waals surface area (Å²) in [6.07, 6.45) is -4.27. The number of halogens is 3. The molecule has 1 aliphatic rings. The lowest BCUT2D eigenvalue weighted by Crippen LogP contribution is -2.49. The van der Waals surface area contributed by atoms with Gasteiger partial charge in [0.05, 0.1) is 5.92 Å². The Bertz CT molecular complexity index is 560. The van der Waals surface area contributed by atoms with Crippen LogP contribution >= 0.6 is 0 Å². The van der Waals surface area contributed by atoms with E-state index in [1.54, 1.807) is 29.6 Å². The van der Waals surface area contributed by atoms with Gasteiger partial charge in [-0.3, -0.25) is 9.69 Å². The maximum atomic E-state index is 12.2. The highest BCUT2D eigenvalue weighted by atomic mass is 19.4. The molecule has 2 rings (SSSR count). The number of anilines is 1. The van der Waals surface area contributed by atoms with Gasteiger partial charge >= 0.3 is 18.2 Å². The molecule has 1 aromatic carbocycles. The van der Waals surface area contributed by atoms with Gasteiger partial charge in [-0.2, -0.15) is 13.2 Å². The number of para-hydroxylation sites is 1. The zero-order valence-corrected chi connectivity index (χ0v) is 10.9. The van der Waals surface area contributed by atoms with Crippen molar-refractivity contribution in [2.24, 2.45) is 5.92 Å². The van der Waals surface area contributed by atoms with E-state index in [4.69, 9.17) is 5.11 Å². The maximum Gasteiger partial charge on any atom is 0.405 e. The molecule has 8 heteroatoms. The first-order chi connectivity index (χ1) is 9.78. The highest BCUT2D eigenvalue weighted by Gasteiger charge is 2.34. The van der Waals surface area contributed by atoms with Crippen LogP contribution in [-0.4, -0.2) is 36.4 Å². The molecule has 0 spiro atoms. The van der Waals surface area contributed by atoms with Crippen molar-refractivity contribution in [2.45, 2.75) is 12.6 Å². The van der Waals surface area contributed by atoms with E-state index in [0.29, 0.717) is 11.3 Å². The predicted molar refractivity (Wildman–Crippen MR) is 68.1 cm³/mol. The first kappa shape index (κ1) is 15.1. The number of rotatable bonds is 2. The third kappa shape index (κ3) is 3.65. The van der Waals surface area contributed by atoms with Crippen molar-refractivity contribution < 1.29 is 27.9 Å². The van der Waals surface area contributed by atoms with E-state index in [1.165, 1.54) is 0 Å². The van der Waals surface area contributed by atoms with E-state index in [2.05, 4.69) is 0 Å². The average Bonchev–Trinajstić information content (AvgIpc) is 2.42. The standard InChI is InChI=1S/C13H13F3N2O3/c14-13(15,16)7-17-12(21)18-6-9(11(19)20)5-8-3-1-2-4-10(8)18/h1-4,9H,5-7H2,(H,17,21)(H,19,20). The molecule has 0 fully saturated rings. The number of hydrogen-bond acceptors (Lipinski definition) is 2. The molecule has 1 atom stereocenters. The van der Waals surface area contributed by atoms with Crippen molar-refractivity contribution in [3.05, 3.63) is 29.8 Å². The minimum atomic E-state index is -4.52. The van der Waals surface area contributed by atoms with E-state index in [0.717, 1.165) is 4.90 Å². The largest absolute Gasteiger partial charge is 0.481 e. The predicted octanol–water partition coefficient (Wildman–Crippen LogP) is 2.02. The number of fused-ring (bicyclic) bond motifs is 1. The molecule has 2 N–H and O–H groups in total. The fraction of sp³-hybridized carbons (Fsp3) is 0.385. The Morgan fingerprint density at radius 1 is 1.33 bits per heavy atom. The van der Waals surface area contributed by atoms with Crippen molar-refractivity contribution in [2.75, 3.05) is 18.0 Å². The third-order valence-electron chi connectivity index (χ3n) is 3.19. The van der Waals surface area contributed by atoms with Gasteiger partial charge in [-0.1, -0.05) is 18.2 Å². The Hall–Kier alpha value is -2.25. The monoisotopic (exact) mass is 302 g/mol. The van der Waals surface area contributed by atoms with E-state index in [-0.39, 0.29) is 13.0 Å². The van der Waals surface area contributed by atoms with Crippen LogP contribution < -0.4 is 10.2 Å². The van der Waals surface area contributed by atoms with Gasteiger partial charge in [-0.05, 0) is 18.1 Å². The maximum absolute atomic E-state index is 12.2. The molecular formula is C13H13F3N2O3. The van der Waals surface area contributed by atoms with Crippen LogP contribution in [0.3, 0.4) is 0 Å². The second-order valence-electron chi connectivity index (χ2n) is 4.75. The van der Waals surface area contributed by atoms with Crippen LogP contribution in [-0.2, 0) is 11.2 Å². The molecule has 21 heavy (non-hydrogen) atoms. The molecule has 114 valence electrons. The molecule has 1 unspecified atom stereocenters. The van der Waals surface area contributed by atoms with E-state index in [9.17, 15) is 22.8 Å². The summed E-state index contributed by atoms with van der Waals surface area (Å²) < 4.78 is 36.5. The molecule has 0 saturated carbocycles. The first-order valence-electron chi connectivity index (χ1n) is 6.21. The third-order valence-corrected chi connectivity index (χ3v) is 3.19. The summed E-state index contributed by atoms with van der Waals surface area (Å²) in [6.45, 7) is -1.61. The van der Waals surface area contributed by atoms with Crippen LogP contribution in [0.5, 0.6) is 0 Å². The Balaban J connectivity index is 2.21. The Morgan fingerprint density at radius 2 is 2.00 bits per heavy atom. The normalized spacial score (nSPS) is 18.0. The summed E-state index contributed by atoms with van der Waals surface area (Å²) in [5.74, 6) is -1.92. The number of urea groups is 1. The van der Waals surface area contributed by atoms with Gasteiger partial charge in [-0.25, -0.2) is 4.79 Å². The highest BCUT2D eigenvalue weighted by molar-refractivity contribution is 5.94. The number of carbonyl (C=O) groups excluding carboxylic acids is 1. The number of carbonyl (C=O) groups is 2. The Labute approximate surface area is 118 Å². The van der Waals surface area contributed by atoms with Crippen LogP contribution in [0.1, 0.15) is 5.56 Å². The lowest BCUT2D eigenvalue weighted by Gasteiger charge is -2.33. The highest BCUT2D eigenvalue weighted by Crippen LogP contribution is 2.29. The van der Waals surface area contributed by atoms with Crippen molar-refractivity contribution in [1.29, 1.82) is 0 Å². The summed E-state index contributed by atoms with van der Waals surface area (Å²) in [4.78, 5) is 24.1. The van der Waals surface area contributed by atoms with Gasteiger partial charge in [0.1, 0.15) is 6.54 Å². The van der Waals surface area contributed by atoms with Gasteiger partial charge < -0.3 is 10.4 Å². The number of carboxylic acids is 1. The number of carboxylic acid groups (broad SMARTS) is 1. The van der Waals surface area contributed by atoms with Crippen molar-refractivity contribution >= 4 is 17.7 Å². The van der Waals surface area contributed by atoms with Gasteiger partial charge in [0, 0.05) is 12.2 Å². The minimum absolute atomic E-state index is 0.157. The fourth-order valence-electron chi connectivity index (χ4n) is 2.22. The number of hydrogen-bond donors (Lipinski definition) is 2. The minimum Gasteiger partial charge on any atom is -0.481 e. The zero-order valence-electron chi connectivity index (χ0n) is 10.9. The molecular weight excluding hydrogens is 289 g/mol. The summed E-state index contributed by atoms with van der Waals surface area (Å²) in [5.41, 5.74) is 1.06. The number of nitrogens with one attached hydrogen (secondary N) is 1. The van der Waals surface area contributed by atoms with Crippen molar-refractivity contribution in [3.63, 3.8) is 0 Å². The van der Waals surface area contributed by atoms with Gasteiger partial charge in [0.25, 0.3) is 0 Å². The Morgan fingerprint density at radius 3 is 2.62 bits per heavy atom. The van der Waals surface area contributed by atoms with E-state index < -0.39 is 30.6 Å². The second kappa shape index (κ2) is 5.63. The molecule has 5 nitrogen and oxygen atoms in total.